The number of hydrogen-bond acceptors (Lipinski definition) is 8. The molecule has 234 valence electrons. The molecule has 3 aliphatic rings. The Morgan fingerprint density at radius 3 is 2.36 bits per heavy atom. The van der Waals surface area contributed by atoms with Gasteiger partial charge in [0.05, 0.1) is 18.0 Å². The minimum absolute atomic E-state index is 0.0349. The second-order valence-electron chi connectivity index (χ2n) is 13.2. The molecule has 0 radical (unpaired) electrons. The van der Waals surface area contributed by atoms with E-state index in [9.17, 15) is 14.9 Å². The Morgan fingerprint density at radius 2 is 1.76 bits per heavy atom. The van der Waals surface area contributed by atoms with Crippen LogP contribution in [-0.2, 0) is 23.1 Å². The summed E-state index contributed by atoms with van der Waals surface area (Å²) in [5.74, 6) is 0.905. The van der Waals surface area contributed by atoms with E-state index in [-0.39, 0.29) is 36.5 Å². The van der Waals surface area contributed by atoms with Crippen molar-refractivity contribution in [2.75, 3.05) is 34.7 Å². The van der Waals surface area contributed by atoms with Crippen molar-refractivity contribution in [3.8, 4) is 6.07 Å². The van der Waals surface area contributed by atoms with Crippen LogP contribution in [0.2, 0.25) is 0 Å². The summed E-state index contributed by atoms with van der Waals surface area (Å²) in [6.45, 7) is 6.50. The van der Waals surface area contributed by atoms with E-state index < -0.39 is 5.41 Å². The third kappa shape index (κ3) is 5.37. The molecule has 1 aliphatic heterocycles. The van der Waals surface area contributed by atoms with E-state index in [0.717, 1.165) is 59.2 Å². The van der Waals surface area contributed by atoms with Gasteiger partial charge in [-0.25, -0.2) is 0 Å². The summed E-state index contributed by atoms with van der Waals surface area (Å²) in [6.07, 6.45) is 3.78. The van der Waals surface area contributed by atoms with Crippen LogP contribution in [0.25, 0.3) is 5.70 Å². The number of fused-ring (bicyclic) bond motifs is 3. The SMILES string of the molecule is C=C(c1ccc2c(c1)CCc1cc(C(=O)N(C)C)ccc1C2(C[C@@H](C)NCC(=O)N1C(C#N)C[C@@H]2C[C@@H]21)c1nn[nH]n1)N(C)C. The van der Waals surface area contributed by atoms with Crippen molar-refractivity contribution in [3.63, 3.8) is 0 Å². The summed E-state index contributed by atoms with van der Waals surface area (Å²) in [4.78, 5) is 31.7. The van der Waals surface area contributed by atoms with Crippen molar-refractivity contribution in [3.05, 3.63) is 82.2 Å². The first-order valence-corrected chi connectivity index (χ1v) is 15.6. The van der Waals surface area contributed by atoms with Crippen LogP contribution in [0.4, 0.5) is 0 Å². The number of hydrogen-bond donors (Lipinski definition) is 2. The number of nitriles is 1. The molecule has 6 rings (SSSR count). The van der Waals surface area contributed by atoms with Crippen molar-refractivity contribution in [1.82, 2.24) is 40.6 Å². The largest absolute Gasteiger partial charge is 0.378 e. The first kappa shape index (κ1) is 30.5. The molecule has 0 bridgehead atoms. The van der Waals surface area contributed by atoms with E-state index in [1.54, 1.807) is 23.9 Å². The Kier molecular flexibility index (Phi) is 7.95. The van der Waals surface area contributed by atoms with Gasteiger partial charge in [-0.15, -0.1) is 10.2 Å². The van der Waals surface area contributed by atoms with Gasteiger partial charge in [0.1, 0.15) is 6.04 Å². The molecule has 1 aromatic heterocycles. The lowest BCUT2D eigenvalue weighted by molar-refractivity contribution is -0.131. The number of rotatable bonds is 9. The van der Waals surface area contributed by atoms with Gasteiger partial charge in [-0.3, -0.25) is 9.59 Å². The fraction of sp³-hybridized carbons (Fsp3) is 0.471. The number of amides is 2. The third-order valence-electron chi connectivity index (χ3n) is 9.80. The molecule has 2 N–H and O–H groups in total. The summed E-state index contributed by atoms with van der Waals surface area (Å²) in [6, 6.07) is 14.4. The highest BCUT2D eigenvalue weighted by Gasteiger charge is 2.54. The monoisotopic (exact) mass is 607 g/mol. The summed E-state index contributed by atoms with van der Waals surface area (Å²) in [5, 5.41) is 28.9. The molecule has 11 nitrogen and oxygen atoms in total. The standard InChI is InChI=1S/C34H41N9O2/c1-20(36-19-31(44)43-27(18-35)15-26-16-30(26)43)17-34(33-37-39-40-38-33)28-11-9-22(21(2)41(3)4)13-23(28)7-8-24-14-25(10-12-29(24)34)32(45)42(5)6/h9-14,20,26-27,30,36H,2,7-8,15-17,19H2,1,3-6H3,(H,37,38,39,40)/t20-,26-,27?,30+,34?/m1/s1. The molecule has 45 heavy (non-hydrogen) atoms. The molecule has 5 atom stereocenters. The second-order valence-corrected chi connectivity index (χ2v) is 13.2. The van der Waals surface area contributed by atoms with Crippen LogP contribution in [0.3, 0.4) is 0 Å². The number of tetrazole rings is 1. The molecule has 3 aromatic rings. The molecular weight excluding hydrogens is 566 g/mol. The number of nitrogens with zero attached hydrogens (tertiary/aromatic N) is 7. The van der Waals surface area contributed by atoms with E-state index in [1.807, 2.05) is 37.2 Å². The van der Waals surface area contributed by atoms with Crippen LogP contribution in [0, 0.1) is 17.2 Å². The minimum atomic E-state index is -0.828. The van der Waals surface area contributed by atoms with Crippen LogP contribution in [-0.4, -0.2) is 100.0 Å². The number of carbonyl (C=O) groups excluding carboxylic acids is 2. The predicted molar refractivity (Wildman–Crippen MR) is 170 cm³/mol. The molecule has 1 saturated carbocycles. The maximum Gasteiger partial charge on any atom is 0.253 e. The maximum absolute atomic E-state index is 13.3. The molecular formula is C34H41N9O2. The summed E-state index contributed by atoms with van der Waals surface area (Å²) in [5.41, 5.74) is 6.02. The van der Waals surface area contributed by atoms with Crippen LogP contribution in [0.15, 0.2) is 43.0 Å². The van der Waals surface area contributed by atoms with Crippen molar-refractivity contribution >= 4 is 17.5 Å². The third-order valence-corrected chi connectivity index (χ3v) is 9.80. The van der Waals surface area contributed by atoms with Gasteiger partial charge >= 0.3 is 0 Å². The van der Waals surface area contributed by atoms with Crippen LogP contribution in [0.5, 0.6) is 0 Å². The molecule has 0 spiro atoms. The van der Waals surface area contributed by atoms with Crippen molar-refractivity contribution in [1.29, 1.82) is 5.26 Å². The van der Waals surface area contributed by atoms with Crippen LogP contribution >= 0.6 is 0 Å². The fourth-order valence-corrected chi connectivity index (χ4v) is 7.39. The summed E-state index contributed by atoms with van der Waals surface area (Å²) in [7, 11) is 7.47. The summed E-state index contributed by atoms with van der Waals surface area (Å²) >= 11 is 0. The molecule has 2 heterocycles. The summed E-state index contributed by atoms with van der Waals surface area (Å²) < 4.78 is 0. The predicted octanol–water partition coefficient (Wildman–Crippen LogP) is 2.75. The normalized spacial score (nSPS) is 23.6. The van der Waals surface area contributed by atoms with Crippen LogP contribution in [0.1, 0.15) is 70.2 Å². The number of carbonyl (C=O) groups is 2. The average Bonchev–Trinajstić information content (AvgIpc) is 3.42. The molecule has 2 fully saturated rings. The number of H-pyrrole nitrogens is 1. The molecule has 2 aromatic carbocycles. The molecule has 2 unspecified atom stereocenters. The van der Waals surface area contributed by atoms with E-state index >= 15 is 0 Å². The van der Waals surface area contributed by atoms with Gasteiger partial charge in [0.25, 0.3) is 5.91 Å². The molecule has 11 heteroatoms. The maximum atomic E-state index is 13.3. The van der Waals surface area contributed by atoms with E-state index in [0.29, 0.717) is 23.7 Å². The fourth-order valence-electron chi connectivity index (χ4n) is 7.39. The molecule has 2 aliphatic carbocycles. The number of likely N-dealkylation sites (tertiary alicyclic amines) is 1. The van der Waals surface area contributed by atoms with Gasteiger partial charge in [-0.05, 0) is 91.0 Å². The lowest BCUT2D eigenvalue weighted by atomic mass is 9.67. The average molecular weight is 608 g/mol. The van der Waals surface area contributed by atoms with Gasteiger partial charge < -0.3 is 20.0 Å². The van der Waals surface area contributed by atoms with Crippen molar-refractivity contribution in [2.45, 2.75) is 62.6 Å². The second kappa shape index (κ2) is 11.7. The number of aromatic nitrogens is 4. The Hall–Kier alpha value is -4.56. The zero-order valence-electron chi connectivity index (χ0n) is 26.7. The Morgan fingerprint density at radius 1 is 1.09 bits per heavy atom. The topological polar surface area (TPSA) is 134 Å². The Labute approximate surface area is 264 Å². The van der Waals surface area contributed by atoms with E-state index in [1.165, 1.54) is 0 Å². The highest BCUT2D eigenvalue weighted by molar-refractivity contribution is 5.94. The van der Waals surface area contributed by atoms with E-state index in [4.69, 9.17) is 0 Å². The molecule has 1 saturated heterocycles. The number of aryl methyl sites for hydroxylation is 2. The number of aromatic amines is 1. The smallest absolute Gasteiger partial charge is 0.253 e. The lowest BCUT2D eigenvalue weighted by Gasteiger charge is -2.36. The quantitative estimate of drug-likeness (QED) is 0.379. The van der Waals surface area contributed by atoms with Gasteiger partial charge in [-0.1, -0.05) is 30.0 Å². The molecule has 2 amide bonds. The van der Waals surface area contributed by atoms with Gasteiger partial charge in [0, 0.05) is 51.5 Å². The number of nitrogens with one attached hydrogen (secondary N) is 2. The van der Waals surface area contributed by atoms with Gasteiger partial charge in [0.15, 0.2) is 5.82 Å². The van der Waals surface area contributed by atoms with E-state index in [2.05, 4.69) is 63.7 Å². The first-order chi connectivity index (χ1) is 21.5. The lowest BCUT2D eigenvalue weighted by Crippen LogP contribution is -2.46. The zero-order chi connectivity index (χ0) is 32.0. The number of piperidine rings is 1. The zero-order valence-corrected chi connectivity index (χ0v) is 26.7. The highest BCUT2D eigenvalue weighted by atomic mass is 16.2. The first-order valence-electron chi connectivity index (χ1n) is 15.6. The van der Waals surface area contributed by atoms with Crippen molar-refractivity contribution < 1.29 is 9.59 Å². The van der Waals surface area contributed by atoms with Crippen LogP contribution < -0.4 is 5.32 Å². The Balaban J connectivity index is 1.42. The van der Waals surface area contributed by atoms with Gasteiger partial charge in [-0.2, -0.15) is 10.5 Å². The Bertz CT molecular complexity index is 1600. The number of benzene rings is 2. The van der Waals surface area contributed by atoms with Crippen molar-refractivity contribution in [2.24, 2.45) is 5.92 Å². The van der Waals surface area contributed by atoms with Gasteiger partial charge in [0.2, 0.25) is 5.91 Å². The highest BCUT2D eigenvalue weighted by Crippen LogP contribution is 2.48. The minimum Gasteiger partial charge on any atom is -0.378 e.